The van der Waals surface area contributed by atoms with Gasteiger partial charge in [0.05, 0.1) is 37.7 Å². The molecule has 4 heterocycles. The minimum absolute atomic E-state index is 0.0812. The summed E-state index contributed by atoms with van der Waals surface area (Å²) >= 11 is 0. The molecule has 162 valence electrons. The van der Waals surface area contributed by atoms with Crippen molar-refractivity contribution in [3.63, 3.8) is 0 Å². The van der Waals surface area contributed by atoms with Crippen LogP contribution < -0.4 is 16.4 Å². The molecule has 0 aliphatic carbocycles. The largest absolute Gasteiger partial charge is 0.384 e. The summed E-state index contributed by atoms with van der Waals surface area (Å²) < 4.78 is 23.6. The van der Waals surface area contributed by atoms with E-state index in [2.05, 4.69) is 21.8 Å². The van der Waals surface area contributed by atoms with E-state index in [9.17, 15) is 4.21 Å². The van der Waals surface area contributed by atoms with Crippen molar-refractivity contribution >= 4 is 28.3 Å². The zero-order valence-corrected chi connectivity index (χ0v) is 18.1. The first kappa shape index (κ1) is 21.0. The van der Waals surface area contributed by atoms with Gasteiger partial charge < -0.3 is 25.8 Å². The van der Waals surface area contributed by atoms with E-state index in [1.807, 2.05) is 13.0 Å². The Morgan fingerprint density at radius 2 is 2.07 bits per heavy atom. The molecule has 0 amide bonds. The number of anilines is 3. The minimum Gasteiger partial charge on any atom is -0.384 e. The summed E-state index contributed by atoms with van der Waals surface area (Å²) in [6.45, 7) is 7.12. The zero-order valence-electron chi connectivity index (χ0n) is 17.3. The lowest BCUT2D eigenvalue weighted by Crippen LogP contribution is -2.45. The first-order valence-electron chi connectivity index (χ1n) is 10.1. The summed E-state index contributed by atoms with van der Waals surface area (Å²) in [6, 6.07) is 3.68. The van der Waals surface area contributed by atoms with Crippen molar-refractivity contribution in [1.29, 1.82) is 0 Å². The maximum Gasteiger partial charge on any atom is 0.164 e. The van der Waals surface area contributed by atoms with Crippen molar-refractivity contribution in [2.75, 3.05) is 49.3 Å². The normalized spacial score (nSPS) is 21.8. The molecule has 2 aliphatic rings. The average molecular weight is 433 g/mol. The first-order valence-corrected chi connectivity index (χ1v) is 11.4. The molecule has 2 aromatic rings. The monoisotopic (exact) mass is 432 g/mol. The van der Waals surface area contributed by atoms with Gasteiger partial charge in [0.1, 0.15) is 17.5 Å². The Hall–Kier alpha value is -2.30. The van der Waals surface area contributed by atoms with E-state index in [0.29, 0.717) is 56.9 Å². The number of aromatic nitrogens is 3. The Bertz CT molecular complexity index is 939. The highest BCUT2D eigenvalue weighted by Gasteiger charge is 2.31. The Balaban J connectivity index is 1.72. The second-order valence-electron chi connectivity index (χ2n) is 7.82. The highest BCUT2D eigenvalue weighted by atomic mass is 32.2. The third-order valence-electron chi connectivity index (χ3n) is 5.52. The summed E-state index contributed by atoms with van der Waals surface area (Å²) in [5.41, 5.74) is 13.9. The van der Waals surface area contributed by atoms with E-state index in [1.54, 1.807) is 12.3 Å². The Morgan fingerprint density at radius 3 is 2.73 bits per heavy atom. The van der Waals surface area contributed by atoms with E-state index in [1.165, 1.54) is 0 Å². The van der Waals surface area contributed by atoms with Crippen molar-refractivity contribution in [3.05, 3.63) is 23.9 Å². The molecule has 3 atom stereocenters. The Kier molecular flexibility index (Phi) is 6.16. The molecular weight excluding hydrogens is 404 g/mol. The average Bonchev–Trinajstić information content (AvgIpc) is 2.68. The van der Waals surface area contributed by atoms with Crippen LogP contribution in [0.1, 0.15) is 19.4 Å². The topological polar surface area (TPSA) is 129 Å². The van der Waals surface area contributed by atoms with Crippen LogP contribution in [0.2, 0.25) is 0 Å². The predicted octanol–water partition coefficient (Wildman–Crippen LogP) is 1.01. The van der Waals surface area contributed by atoms with Gasteiger partial charge in [-0.05, 0) is 25.5 Å². The van der Waals surface area contributed by atoms with Crippen molar-refractivity contribution < 1.29 is 13.7 Å². The van der Waals surface area contributed by atoms with Crippen LogP contribution in [0.15, 0.2) is 18.3 Å². The van der Waals surface area contributed by atoms with Crippen LogP contribution >= 0.6 is 0 Å². The van der Waals surface area contributed by atoms with Crippen LogP contribution in [0, 0.1) is 0 Å². The molecule has 30 heavy (non-hydrogen) atoms. The maximum atomic E-state index is 12.8. The molecule has 4 N–H and O–H groups in total. The number of ether oxygens (including phenoxy) is 2. The van der Waals surface area contributed by atoms with Crippen LogP contribution in [0.3, 0.4) is 0 Å². The maximum absolute atomic E-state index is 12.8. The number of pyridine rings is 1. The summed E-state index contributed by atoms with van der Waals surface area (Å²) in [5, 5.41) is 0.00860. The smallest absolute Gasteiger partial charge is 0.164 e. The molecule has 9 nitrogen and oxygen atoms in total. The number of hydrogen-bond acceptors (Lipinski definition) is 9. The Labute approximate surface area is 178 Å². The number of nitrogens with two attached hydrogens (primary N) is 2. The summed E-state index contributed by atoms with van der Waals surface area (Å²) in [7, 11) is -1.00. The molecule has 0 radical (unpaired) electrons. The van der Waals surface area contributed by atoms with Gasteiger partial charge in [0, 0.05) is 39.9 Å². The fourth-order valence-electron chi connectivity index (χ4n) is 3.73. The fraction of sp³-hybridized carbons (Fsp3) is 0.550. The minimum atomic E-state index is -1.00. The molecule has 2 saturated heterocycles. The lowest BCUT2D eigenvalue weighted by Gasteiger charge is -2.36. The fourth-order valence-corrected chi connectivity index (χ4v) is 5.18. The second-order valence-corrected chi connectivity index (χ2v) is 9.95. The van der Waals surface area contributed by atoms with Crippen molar-refractivity contribution in [2.24, 2.45) is 0 Å². The molecule has 0 saturated carbocycles. The Morgan fingerprint density at radius 1 is 1.27 bits per heavy atom. The van der Waals surface area contributed by atoms with Crippen LogP contribution in [0.5, 0.6) is 0 Å². The zero-order chi connectivity index (χ0) is 21.3. The highest BCUT2D eigenvalue weighted by Crippen LogP contribution is 2.31. The van der Waals surface area contributed by atoms with Gasteiger partial charge >= 0.3 is 0 Å². The van der Waals surface area contributed by atoms with Crippen LogP contribution in [0.25, 0.3) is 11.4 Å². The van der Waals surface area contributed by atoms with Crippen molar-refractivity contribution in [1.82, 2.24) is 15.0 Å². The third kappa shape index (κ3) is 4.26. The van der Waals surface area contributed by atoms with Crippen LogP contribution in [0.4, 0.5) is 17.5 Å². The lowest BCUT2D eigenvalue weighted by atomic mass is 10.1. The molecule has 0 bridgehead atoms. The first-order chi connectivity index (χ1) is 14.4. The van der Waals surface area contributed by atoms with Gasteiger partial charge in [0.15, 0.2) is 5.82 Å². The SMILES string of the molecule is C[C@@H]1COCCN1c1nc(-c2ccnc(N)c2)nc(N)c1C[C@H](C)S(=O)C1COC1. The molecular formula is C20H28N6O3S. The van der Waals surface area contributed by atoms with Crippen LogP contribution in [-0.4, -0.2) is 68.7 Å². The van der Waals surface area contributed by atoms with Crippen molar-refractivity contribution in [3.8, 4) is 11.4 Å². The lowest BCUT2D eigenvalue weighted by molar-refractivity contribution is 0.0432. The van der Waals surface area contributed by atoms with Gasteiger partial charge in [0.2, 0.25) is 0 Å². The highest BCUT2D eigenvalue weighted by molar-refractivity contribution is 7.86. The summed E-state index contributed by atoms with van der Waals surface area (Å²) in [6.07, 6.45) is 2.16. The van der Waals surface area contributed by atoms with E-state index >= 15 is 0 Å². The van der Waals surface area contributed by atoms with Gasteiger partial charge in [-0.2, -0.15) is 0 Å². The number of rotatable bonds is 6. The second kappa shape index (κ2) is 8.83. The number of nitrogen functional groups attached to an aromatic ring is 2. The van der Waals surface area contributed by atoms with Gasteiger partial charge in [0.25, 0.3) is 0 Å². The summed E-state index contributed by atoms with van der Waals surface area (Å²) in [5.74, 6) is 2.07. The predicted molar refractivity (Wildman–Crippen MR) is 118 cm³/mol. The number of nitrogens with zero attached hydrogens (tertiary/aromatic N) is 4. The van der Waals surface area contributed by atoms with Gasteiger partial charge in [-0.25, -0.2) is 15.0 Å². The quantitative estimate of drug-likeness (QED) is 0.687. The van der Waals surface area contributed by atoms with E-state index in [-0.39, 0.29) is 16.5 Å². The molecule has 2 aromatic heterocycles. The van der Waals surface area contributed by atoms with E-state index < -0.39 is 10.8 Å². The molecule has 2 aliphatic heterocycles. The molecule has 0 spiro atoms. The molecule has 1 unspecified atom stereocenters. The summed E-state index contributed by atoms with van der Waals surface area (Å²) in [4.78, 5) is 15.7. The van der Waals surface area contributed by atoms with E-state index in [4.69, 9.17) is 25.9 Å². The van der Waals surface area contributed by atoms with Crippen LogP contribution in [-0.2, 0) is 26.7 Å². The van der Waals surface area contributed by atoms with E-state index in [0.717, 1.165) is 16.9 Å². The van der Waals surface area contributed by atoms with Crippen molar-refractivity contribution in [2.45, 2.75) is 36.8 Å². The van der Waals surface area contributed by atoms with Gasteiger partial charge in [-0.3, -0.25) is 4.21 Å². The number of hydrogen-bond donors (Lipinski definition) is 2. The van der Waals surface area contributed by atoms with Gasteiger partial charge in [-0.15, -0.1) is 0 Å². The third-order valence-corrected chi connectivity index (χ3v) is 7.41. The molecule has 0 aromatic carbocycles. The molecule has 4 rings (SSSR count). The standard InChI is InChI=1S/C20H28N6O3S/c1-12-9-28-6-5-26(12)20-16(7-13(2)30(27)15-10-29-11-15)18(22)24-19(25-20)14-3-4-23-17(21)8-14/h3-4,8,12-13,15H,5-7,9-11H2,1-2H3,(H2,21,23)(H2,22,24,25)/t12-,13+,30?/m1/s1. The molecule has 10 heteroatoms. The molecule has 2 fully saturated rings. The number of morpholine rings is 1. The van der Waals surface area contributed by atoms with Gasteiger partial charge in [-0.1, -0.05) is 6.92 Å².